The summed E-state index contributed by atoms with van der Waals surface area (Å²) in [6.07, 6.45) is 3.52. The van der Waals surface area contributed by atoms with Crippen LogP contribution in [-0.2, 0) is 9.59 Å². The van der Waals surface area contributed by atoms with Crippen LogP contribution in [0.5, 0.6) is 0 Å². The molecule has 0 fully saturated rings. The van der Waals surface area contributed by atoms with Gasteiger partial charge in [0.25, 0.3) is 11.8 Å². The van der Waals surface area contributed by atoms with E-state index in [9.17, 15) is 14.4 Å². The van der Waals surface area contributed by atoms with Crippen molar-refractivity contribution in [1.82, 2.24) is 0 Å². The molecule has 2 aliphatic rings. The summed E-state index contributed by atoms with van der Waals surface area (Å²) in [7, 11) is 7.88. The molecule has 0 N–H and O–H groups in total. The van der Waals surface area contributed by atoms with Crippen molar-refractivity contribution in [2.24, 2.45) is 9.98 Å². The van der Waals surface area contributed by atoms with Gasteiger partial charge in [0.2, 0.25) is 0 Å². The Morgan fingerprint density at radius 1 is 0.483 bits per heavy atom. The van der Waals surface area contributed by atoms with Gasteiger partial charge >= 0.3 is 0 Å². The number of nitrogens with zero attached hydrogens (tertiary/aromatic N) is 6. The van der Waals surface area contributed by atoms with Gasteiger partial charge in [-0.05, 0) is 65.7 Å². The van der Waals surface area contributed by atoms with Crippen molar-refractivity contribution in [3.63, 3.8) is 0 Å². The van der Waals surface area contributed by atoms with E-state index in [2.05, 4.69) is 0 Å². The maximum absolute atomic E-state index is 14.9. The number of amidine groups is 2. The van der Waals surface area contributed by atoms with E-state index in [1.807, 2.05) is 165 Å². The Labute approximate surface area is 337 Å². The number of carbonyl (C=O) groups excluding carboxylic acids is 3. The summed E-state index contributed by atoms with van der Waals surface area (Å²) < 4.78 is 0. The predicted octanol–water partition coefficient (Wildman–Crippen LogP) is 8.72. The molecule has 2 amide bonds. The highest BCUT2D eigenvalue weighted by molar-refractivity contribution is 6.38. The van der Waals surface area contributed by atoms with Crippen LogP contribution in [0.1, 0.15) is 38.2 Å². The molecule has 0 aromatic heterocycles. The normalized spacial score (nSPS) is 15.2. The third kappa shape index (κ3) is 7.36. The molecule has 2 heterocycles. The summed E-state index contributed by atoms with van der Waals surface area (Å²) in [4.78, 5) is 60.7. The van der Waals surface area contributed by atoms with Crippen molar-refractivity contribution in [3.05, 3.63) is 203 Å². The number of hydrogen-bond acceptors (Lipinski definition) is 7. The van der Waals surface area contributed by atoms with E-state index in [1.54, 1.807) is 42.5 Å². The van der Waals surface area contributed by atoms with Crippen LogP contribution in [0.3, 0.4) is 0 Å². The van der Waals surface area contributed by atoms with Crippen LogP contribution in [0, 0.1) is 0 Å². The summed E-state index contributed by atoms with van der Waals surface area (Å²) in [6.45, 7) is 0. The first-order valence-electron chi connectivity index (χ1n) is 18.9. The van der Waals surface area contributed by atoms with Crippen molar-refractivity contribution in [2.75, 3.05) is 47.8 Å². The molecule has 0 bridgehead atoms. The molecule has 0 saturated carbocycles. The Balaban J connectivity index is 1.31. The van der Waals surface area contributed by atoms with Gasteiger partial charge < -0.3 is 9.80 Å². The summed E-state index contributed by atoms with van der Waals surface area (Å²) in [5.74, 6) is -0.301. The van der Waals surface area contributed by atoms with E-state index in [4.69, 9.17) is 9.98 Å². The highest BCUT2D eigenvalue weighted by atomic mass is 16.2. The van der Waals surface area contributed by atoms with Crippen LogP contribution in [0.15, 0.2) is 179 Å². The van der Waals surface area contributed by atoms with E-state index in [0.29, 0.717) is 45.3 Å². The third-order valence-corrected chi connectivity index (χ3v) is 9.97. The zero-order chi connectivity index (χ0) is 40.3. The number of amides is 2. The Bertz CT molecular complexity index is 2650. The quantitative estimate of drug-likeness (QED) is 0.103. The summed E-state index contributed by atoms with van der Waals surface area (Å²) in [5, 5.41) is 0. The van der Waals surface area contributed by atoms with Gasteiger partial charge in [-0.15, -0.1) is 0 Å². The minimum Gasteiger partial charge on any atom is -0.378 e. The molecule has 0 spiro atoms. The lowest BCUT2D eigenvalue weighted by Gasteiger charge is -2.27. The largest absolute Gasteiger partial charge is 0.378 e. The van der Waals surface area contributed by atoms with Crippen molar-refractivity contribution in [1.29, 1.82) is 0 Å². The molecule has 6 aromatic carbocycles. The molecule has 284 valence electrons. The van der Waals surface area contributed by atoms with Crippen molar-refractivity contribution < 1.29 is 14.4 Å². The van der Waals surface area contributed by atoms with E-state index in [0.717, 1.165) is 22.5 Å². The first kappa shape index (κ1) is 37.3. The molecule has 0 unspecified atom stereocenters. The average Bonchev–Trinajstić information content (AvgIpc) is 3.76. The number of rotatable bonds is 10. The number of anilines is 4. The lowest BCUT2D eigenvalue weighted by Crippen LogP contribution is -2.38. The summed E-state index contributed by atoms with van der Waals surface area (Å²) in [6, 6.07) is 48.6. The van der Waals surface area contributed by atoms with Crippen molar-refractivity contribution in [2.45, 2.75) is 0 Å². The van der Waals surface area contributed by atoms with E-state index < -0.39 is 5.91 Å². The number of carbonyl (C=O) groups is 3. The van der Waals surface area contributed by atoms with Crippen molar-refractivity contribution in [3.8, 4) is 0 Å². The molecule has 8 rings (SSSR count). The van der Waals surface area contributed by atoms with Gasteiger partial charge in [-0.25, -0.2) is 9.98 Å². The highest BCUT2D eigenvalue weighted by Crippen LogP contribution is 2.40. The molecule has 6 aromatic rings. The number of benzene rings is 6. The zero-order valence-corrected chi connectivity index (χ0v) is 32.6. The van der Waals surface area contributed by atoms with Crippen molar-refractivity contribution >= 4 is 64.2 Å². The van der Waals surface area contributed by atoms with Gasteiger partial charge in [0.1, 0.15) is 23.1 Å². The zero-order valence-electron chi connectivity index (χ0n) is 32.6. The fourth-order valence-corrected chi connectivity index (χ4v) is 6.88. The second-order valence-electron chi connectivity index (χ2n) is 14.3. The van der Waals surface area contributed by atoms with Crippen LogP contribution in [0.25, 0.3) is 12.2 Å². The monoisotopic (exact) mass is 760 g/mol. The topological polar surface area (TPSA) is 88.9 Å². The van der Waals surface area contributed by atoms with E-state index >= 15 is 0 Å². The minimum absolute atomic E-state index is 0.202. The minimum atomic E-state index is -0.414. The lowest BCUT2D eigenvalue weighted by atomic mass is 10.0. The molecular weight excluding hydrogens is 721 g/mol. The molecule has 0 radical (unpaired) electrons. The molecule has 58 heavy (non-hydrogen) atoms. The molecule has 0 atom stereocenters. The smallest absolute Gasteiger partial charge is 0.282 e. The van der Waals surface area contributed by atoms with Gasteiger partial charge in [0, 0.05) is 61.8 Å². The first-order chi connectivity index (χ1) is 28.2. The SMILES string of the molecule is CN(C)c1ccc(/C=C2\N=C(c3ccccc3)N(c3ccc(C(=O)c4ccccc4)cc3N3C(=O)/C(=C\c4ccc(N(C)C)cc4)N=C3c3ccccc3)C2=O)cc1. The van der Waals surface area contributed by atoms with E-state index in [1.165, 1.54) is 9.80 Å². The second kappa shape index (κ2) is 15.8. The van der Waals surface area contributed by atoms with Crippen LogP contribution < -0.4 is 19.6 Å². The van der Waals surface area contributed by atoms with Crippen LogP contribution in [-0.4, -0.2) is 57.5 Å². The maximum Gasteiger partial charge on any atom is 0.282 e. The fourth-order valence-electron chi connectivity index (χ4n) is 6.88. The second-order valence-corrected chi connectivity index (χ2v) is 14.3. The predicted molar refractivity (Wildman–Crippen MR) is 235 cm³/mol. The number of hydrogen-bond donors (Lipinski definition) is 0. The molecule has 9 heteroatoms. The Hall–Kier alpha value is -7.65. The maximum atomic E-state index is 14.9. The van der Waals surface area contributed by atoms with Gasteiger partial charge in [0.05, 0.1) is 11.4 Å². The van der Waals surface area contributed by atoms with Crippen LogP contribution in [0.2, 0.25) is 0 Å². The van der Waals surface area contributed by atoms with Crippen LogP contribution >= 0.6 is 0 Å². The third-order valence-electron chi connectivity index (χ3n) is 9.97. The average molecular weight is 761 g/mol. The highest BCUT2D eigenvalue weighted by Gasteiger charge is 2.39. The fraction of sp³-hybridized carbons (Fsp3) is 0.0816. The van der Waals surface area contributed by atoms with Gasteiger partial charge in [0.15, 0.2) is 5.78 Å². The Morgan fingerprint density at radius 3 is 1.33 bits per heavy atom. The van der Waals surface area contributed by atoms with Gasteiger partial charge in [-0.1, -0.05) is 115 Å². The standard InChI is InChI=1S/C49H40N6O3/c1-52(2)39-25-20-33(21-26-39)30-41-48(57)54(46(50-41)36-16-10-6-11-17-36)43-29-24-38(45(56)35-14-8-5-9-15-35)32-44(43)55-47(37-18-12-7-13-19-37)51-42(49(55)58)31-34-22-27-40(28-23-34)53(3)4/h5-32H,1-4H3/b41-30-,42-31+. The number of ketones is 1. The molecular formula is C49H40N6O3. The van der Waals surface area contributed by atoms with E-state index in [-0.39, 0.29) is 23.1 Å². The van der Waals surface area contributed by atoms with Gasteiger partial charge in [-0.3, -0.25) is 24.2 Å². The molecule has 0 aliphatic carbocycles. The summed E-state index contributed by atoms with van der Waals surface area (Å²) in [5.41, 5.74) is 6.92. The summed E-state index contributed by atoms with van der Waals surface area (Å²) >= 11 is 0. The Kier molecular flexibility index (Phi) is 10.2. The number of aliphatic imine (C=N–C) groups is 2. The Morgan fingerprint density at radius 2 is 0.897 bits per heavy atom. The molecule has 9 nitrogen and oxygen atoms in total. The molecule has 0 saturated heterocycles. The molecule has 2 aliphatic heterocycles. The first-order valence-corrected chi connectivity index (χ1v) is 18.9. The lowest BCUT2D eigenvalue weighted by molar-refractivity contribution is -0.114. The van der Waals surface area contributed by atoms with Crippen LogP contribution in [0.4, 0.5) is 22.7 Å². The van der Waals surface area contributed by atoms with Gasteiger partial charge in [-0.2, -0.15) is 0 Å².